The van der Waals surface area contributed by atoms with E-state index in [-0.39, 0.29) is 11.5 Å². The maximum atomic E-state index is 12.2. The molecule has 0 saturated carbocycles. The highest BCUT2D eigenvalue weighted by molar-refractivity contribution is 6.30. The standard InChI is InChI=1S/C16H14ClN5O/c17-12-8-6-11(7-9-12)10-22-15(18)14(20-21-22)16(23)19-13-4-2-1-3-5-13/h1-9H,10,18H2,(H,19,23). The van der Waals surface area contributed by atoms with E-state index in [1.54, 1.807) is 24.3 Å². The second kappa shape index (κ2) is 6.50. The van der Waals surface area contributed by atoms with Crippen LogP contribution in [0, 0.1) is 0 Å². The molecule has 0 atom stereocenters. The number of nitrogen functional groups attached to an aromatic ring is 1. The summed E-state index contributed by atoms with van der Waals surface area (Å²) in [6.07, 6.45) is 0. The number of nitrogens with zero attached hydrogens (tertiary/aromatic N) is 3. The van der Waals surface area contributed by atoms with Gasteiger partial charge in [-0.15, -0.1) is 5.10 Å². The maximum absolute atomic E-state index is 12.2. The van der Waals surface area contributed by atoms with Crippen LogP contribution >= 0.6 is 11.6 Å². The molecule has 1 heterocycles. The van der Waals surface area contributed by atoms with Crippen LogP contribution in [0.25, 0.3) is 0 Å². The normalized spacial score (nSPS) is 10.5. The minimum atomic E-state index is -0.393. The Labute approximate surface area is 137 Å². The number of nitrogens with two attached hydrogens (primary N) is 1. The molecule has 0 unspecified atom stereocenters. The SMILES string of the molecule is Nc1c(C(=O)Nc2ccccc2)nnn1Cc1ccc(Cl)cc1. The molecule has 1 amide bonds. The summed E-state index contributed by atoms with van der Waals surface area (Å²) in [5.41, 5.74) is 7.72. The number of hydrogen-bond acceptors (Lipinski definition) is 4. The van der Waals surface area contributed by atoms with Gasteiger partial charge in [0, 0.05) is 10.7 Å². The Morgan fingerprint density at radius 3 is 2.52 bits per heavy atom. The van der Waals surface area contributed by atoms with Gasteiger partial charge in [0.1, 0.15) is 0 Å². The van der Waals surface area contributed by atoms with Crippen molar-refractivity contribution in [2.75, 3.05) is 11.1 Å². The number of benzene rings is 2. The molecule has 3 aromatic rings. The van der Waals surface area contributed by atoms with E-state index < -0.39 is 5.91 Å². The Balaban J connectivity index is 1.76. The van der Waals surface area contributed by atoms with Crippen LogP contribution in [-0.4, -0.2) is 20.9 Å². The largest absolute Gasteiger partial charge is 0.382 e. The van der Waals surface area contributed by atoms with Crippen molar-refractivity contribution in [2.24, 2.45) is 0 Å². The van der Waals surface area contributed by atoms with Gasteiger partial charge in [-0.25, -0.2) is 4.68 Å². The molecule has 0 radical (unpaired) electrons. The third-order valence-corrected chi connectivity index (χ3v) is 3.52. The van der Waals surface area contributed by atoms with E-state index in [1.807, 2.05) is 30.3 Å². The van der Waals surface area contributed by atoms with Crippen LogP contribution in [-0.2, 0) is 6.54 Å². The molecule has 116 valence electrons. The number of halogens is 1. The van der Waals surface area contributed by atoms with Crippen LogP contribution in [0.2, 0.25) is 5.02 Å². The minimum Gasteiger partial charge on any atom is -0.382 e. The fourth-order valence-electron chi connectivity index (χ4n) is 2.07. The van der Waals surface area contributed by atoms with Gasteiger partial charge in [-0.05, 0) is 29.8 Å². The van der Waals surface area contributed by atoms with Crippen molar-refractivity contribution < 1.29 is 4.79 Å². The van der Waals surface area contributed by atoms with Crippen molar-refractivity contribution >= 4 is 29.0 Å². The van der Waals surface area contributed by atoms with Gasteiger partial charge in [0.25, 0.3) is 5.91 Å². The fourth-order valence-corrected chi connectivity index (χ4v) is 2.20. The van der Waals surface area contributed by atoms with Crippen molar-refractivity contribution in [1.29, 1.82) is 0 Å². The van der Waals surface area contributed by atoms with Gasteiger partial charge >= 0.3 is 0 Å². The van der Waals surface area contributed by atoms with Crippen molar-refractivity contribution in [1.82, 2.24) is 15.0 Å². The highest BCUT2D eigenvalue weighted by atomic mass is 35.5. The first-order valence-corrected chi connectivity index (χ1v) is 7.31. The van der Waals surface area contributed by atoms with E-state index >= 15 is 0 Å². The lowest BCUT2D eigenvalue weighted by molar-refractivity contribution is 0.102. The topological polar surface area (TPSA) is 85.8 Å². The summed E-state index contributed by atoms with van der Waals surface area (Å²) in [6.45, 7) is 0.411. The van der Waals surface area contributed by atoms with Crippen molar-refractivity contribution in [2.45, 2.75) is 6.54 Å². The van der Waals surface area contributed by atoms with Crippen molar-refractivity contribution in [3.63, 3.8) is 0 Å². The quantitative estimate of drug-likeness (QED) is 0.771. The molecule has 7 heteroatoms. The van der Waals surface area contributed by atoms with Crippen LogP contribution in [0.3, 0.4) is 0 Å². The van der Waals surface area contributed by atoms with E-state index in [1.165, 1.54) is 4.68 Å². The second-order valence-electron chi connectivity index (χ2n) is 4.93. The average Bonchev–Trinajstić information content (AvgIpc) is 2.91. The number of para-hydroxylation sites is 1. The summed E-state index contributed by atoms with van der Waals surface area (Å²) in [6, 6.07) is 16.4. The van der Waals surface area contributed by atoms with Gasteiger partial charge in [0.2, 0.25) is 0 Å². The maximum Gasteiger partial charge on any atom is 0.280 e. The first-order chi connectivity index (χ1) is 11.1. The van der Waals surface area contributed by atoms with E-state index in [0.29, 0.717) is 17.3 Å². The highest BCUT2D eigenvalue weighted by Crippen LogP contribution is 2.15. The van der Waals surface area contributed by atoms with Crippen LogP contribution in [0.1, 0.15) is 16.1 Å². The molecule has 1 aromatic heterocycles. The lowest BCUT2D eigenvalue weighted by Crippen LogP contribution is -2.15. The molecule has 6 nitrogen and oxygen atoms in total. The highest BCUT2D eigenvalue weighted by Gasteiger charge is 2.17. The van der Waals surface area contributed by atoms with Crippen molar-refractivity contribution in [3.8, 4) is 0 Å². The summed E-state index contributed by atoms with van der Waals surface area (Å²) in [4.78, 5) is 12.2. The average molecular weight is 328 g/mol. The molecule has 0 fully saturated rings. The molecular weight excluding hydrogens is 314 g/mol. The molecule has 0 saturated heterocycles. The predicted molar refractivity (Wildman–Crippen MR) is 89.4 cm³/mol. The fraction of sp³-hybridized carbons (Fsp3) is 0.0625. The van der Waals surface area contributed by atoms with Crippen LogP contribution < -0.4 is 11.1 Å². The zero-order valence-electron chi connectivity index (χ0n) is 12.1. The molecule has 3 rings (SSSR count). The summed E-state index contributed by atoms with van der Waals surface area (Å²) in [5.74, 6) is -0.176. The van der Waals surface area contributed by atoms with Gasteiger partial charge in [-0.1, -0.05) is 47.1 Å². The Morgan fingerprint density at radius 1 is 1.13 bits per heavy atom. The van der Waals surface area contributed by atoms with Crippen LogP contribution in [0.5, 0.6) is 0 Å². The predicted octanol–water partition coefficient (Wildman–Crippen LogP) is 2.81. The van der Waals surface area contributed by atoms with Gasteiger partial charge < -0.3 is 11.1 Å². The Bertz CT molecular complexity index is 814. The molecule has 0 aliphatic rings. The number of hydrogen-bond donors (Lipinski definition) is 2. The first-order valence-electron chi connectivity index (χ1n) is 6.93. The monoisotopic (exact) mass is 327 g/mol. The van der Waals surface area contributed by atoms with E-state index in [0.717, 1.165) is 5.56 Å². The molecule has 3 N–H and O–H groups in total. The van der Waals surface area contributed by atoms with Gasteiger partial charge in [0.05, 0.1) is 6.54 Å². The lowest BCUT2D eigenvalue weighted by atomic mass is 10.2. The molecule has 0 aliphatic carbocycles. The summed E-state index contributed by atoms with van der Waals surface area (Å²) < 4.78 is 1.48. The van der Waals surface area contributed by atoms with Gasteiger partial charge in [-0.2, -0.15) is 0 Å². The number of amides is 1. The number of rotatable bonds is 4. The zero-order chi connectivity index (χ0) is 16.2. The van der Waals surface area contributed by atoms with Crippen molar-refractivity contribution in [3.05, 3.63) is 70.9 Å². The Kier molecular flexibility index (Phi) is 4.25. The van der Waals surface area contributed by atoms with E-state index in [4.69, 9.17) is 17.3 Å². The third kappa shape index (κ3) is 3.49. The molecular formula is C16H14ClN5O. The number of anilines is 2. The molecule has 0 bridgehead atoms. The smallest absolute Gasteiger partial charge is 0.280 e. The van der Waals surface area contributed by atoms with E-state index in [2.05, 4.69) is 15.6 Å². The molecule has 0 aliphatic heterocycles. The van der Waals surface area contributed by atoms with Gasteiger partial charge in [-0.3, -0.25) is 4.79 Å². The third-order valence-electron chi connectivity index (χ3n) is 3.27. The number of carbonyl (C=O) groups excluding carboxylic acids is 1. The van der Waals surface area contributed by atoms with Crippen LogP contribution in [0.4, 0.5) is 11.5 Å². The number of carbonyl (C=O) groups is 1. The summed E-state index contributed by atoms with van der Waals surface area (Å²) in [7, 11) is 0. The zero-order valence-corrected chi connectivity index (χ0v) is 12.9. The Hall–Kier alpha value is -2.86. The number of aromatic nitrogens is 3. The van der Waals surface area contributed by atoms with E-state index in [9.17, 15) is 4.79 Å². The summed E-state index contributed by atoms with van der Waals surface area (Å²) >= 11 is 5.86. The van der Waals surface area contributed by atoms with Gasteiger partial charge in [0.15, 0.2) is 11.5 Å². The molecule has 23 heavy (non-hydrogen) atoms. The second-order valence-corrected chi connectivity index (χ2v) is 5.36. The summed E-state index contributed by atoms with van der Waals surface area (Å²) in [5, 5.41) is 11.2. The Morgan fingerprint density at radius 2 is 1.83 bits per heavy atom. The lowest BCUT2D eigenvalue weighted by Gasteiger charge is -2.05. The minimum absolute atomic E-state index is 0.0998. The molecule has 2 aromatic carbocycles. The molecule has 0 spiro atoms. The first kappa shape index (κ1) is 15.1. The number of nitrogens with one attached hydrogen (secondary N) is 1. The van der Waals surface area contributed by atoms with Crippen LogP contribution in [0.15, 0.2) is 54.6 Å².